The summed E-state index contributed by atoms with van der Waals surface area (Å²) in [6, 6.07) is 6.70. The van der Waals surface area contributed by atoms with E-state index in [9.17, 15) is 4.39 Å². The van der Waals surface area contributed by atoms with E-state index in [1.54, 1.807) is 19.1 Å². The minimum Gasteiger partial charge on any atom is -0.273 e. The molecule has 0 aliphatic rings. The highest BCUT2D eigenvalue weighted by Crippen LogP contribution is 2.01. The summed E-state index contributed by atoms with van der Waals surface area (Å²) >= 11 is 0. The van der Waals surface area contributed by atoms with Crippen LogP contribution in [0.25, 0.3) is 0 Å². The molecule has 0 saturated carbocycles. The van der Waals surface area contributed by atoms with Crippen LogP contribution < -0.4 is 0 Å². The first-order valence-corrected chi connectivity index (χ1v) is 5.45. The molecule has 0 spiro atoms. The minimum absolute atomic E-state index is 0.132. The van der Waals surface area contributed by atoms with Crippen molar-refractivity contribution in [3.05, 3.63) is 35.6 Å². The van der Waals surface area contributed by atoms with Crippen LogP contribution in [0, 0.1) is 12.7 Å². The highest BCUT2D eigenvalue weighted by molar-refractivity contribution is 8.09. The van der Waals surface area contributed by atoms with Crippen molar-refractivity contribution >= 4 is 20.0 Å². The molecule has 0 atom stereocenters. The van der Waals surface area contributed by atoms with Crippen LogP contribution in [0.1, 0.15) is 5.56 Å². The molecule has 0 radical (unpaired) electrons. The maximum atomic E-state index is 12.3. The Kier molecular flexibility index (Phi) is 4.90. The Labute approximate surface area is 80.4 Å². The summed E-state index contributed by atoms with van der Waals surface area (Å²) in [6.45, 7) is 1.75. The number of benzene rings is 1. The SMILES string of the molecule is Cc1ccccc1F.O=S(=O)(O)Cl. The number of halogens is 2. The molecule has 0 saturated heterocycles. The Hall–Kier alpha value is -0.650. The first-order chi connectivity index (χ1) is 5.80. The zero-order valence-corrected chi connectivity index (χ0v) is 8.31. The van der Waals surface area contributed by atoms with Crippen molar-refractivity contribution in [1.82, 2.24) is 0 Å². The summed E-state index contributed by atoms with van der Waals surface area (Å²) in [5, 5.41) is 0. The molecule has 0 fully saturated rings. The summed E-state index contributed by atoms with van der Waals surface area (Å²) in [6.07, 6.45) is 0. The maximum absolute atomic E-state index is 12.3. The van der Waals surface area contributed by atoms with Gasteiger partial charge in [-0.05, 0) is 18.6 Å². The maximum Gasteiger partial charge on any atom is 0.353 e. The molecule has 0 unspecified atom stereocenters. The molecule has 6 heteroatoms. The molecule has 1 aromatic carbocycles. The van der Waals surface area contributed by atoms with E-state index >= 15 is 0 Å². The van der Waals surface area contributed by atoms with Crippen molar-refractivity contribution in [2.75, 3.05) is 0 Å². The fourth-order valence-corrected chi connectivity index (χ4v) is 0.551. The molecule has 1 N–H and O–H groups in total. The van der Waals surface area contributed by atoms with E-state index in [-0.39, 0.29) is 5.82 Å². The van der Waals surface area contributed by atoms with E-state index in [0.717, 1.165) is 0 Å². The Morgan fingerprint density at radius 2 is 1.77 bits per heavy atom. The third-order valence-corrected chi connectivity index (χ3v) is 1.08. The van der Waals surface area contributed by atoms with E-state index in [0.29, 0.717) is 5.56 Å². The summed E-state index contributed by atoms with van der Waals surface area (Å²) < 4.78 is 37.5. The molecule has 0 aliphatic heterocycles. The number of hydrogen-bond donors (Lipinski definition) is 1. The van der Waals surface area contributed by atoms with Gasteiger partial charge in [0.2, 0.25) is 0 Å². The van der Waals surface area contributed by atoms with E-state index in [1.807, 2.05) is 6.07 Å². The largest absolute Gasteiger partial charge is 0.353 e. The average Bonchev–Trinajstić information content (AvgIpc) is 1.92. The molecule has 13 heavy (non-hydrogen) atoms. The van der Waals surface area contributed by atoms with E-state index in [2.05, 4.69) is 10.7 Å². The first kappa shape index (κ1) is 12.3. The molecule has 0 bridgehead atoms. The first-order valence-electron chi connectivity index (χ1n) is 3.19. The molecule has 3 nitrogen and oxygen atoms in total. The molecular formula is C7H8ClFO3S. The zero-order chi connectivity index (χ0) is 10.5. The van der Waals surface area contributed by atoms with Gasteiger partial charge >= 0.3 is 9.33 Å². The standard InChI is InChI=1S/C7H7F.ClHO3S/c1-6-4-2-3-5-7(6)8;1-5(2,3)4/h2-5H,1H3;(H,2,3,4). The predicted molar refractivity (Wildman–Crippen MR) is 48.5 cm³/mol. The lowest BCUT2D eigenvalue weighted by Gasteiger charge is -1.89. The van der Waals surface area contributed by atoms with Gasteiger partial charge in [0.05, 0.1) is 0 Å². The van der Waals surface area contributed by atoms with Crippen LogP contribution in [0.4, 0.5) is 4.39 Å². The molecule has 1 aromatic rings. The molecular weight excluding hydrogens is 219 g/mol. The molecule has 0 aliphatic carbocycles. The van der Waals surface area contributed by atoms with Crippen molar-refractivity contribution in [2.24, 2.45) is 0 Å². The monoisotopic (exact) mass is 226 g/mol. The number of hydrogen-bond acceptors (Lipinski definition) is 2. The lowest BCUT2D eigenvalue weighted by atomic mass is 10.2. The molecule has 0 aromatic heterocycles. The van der Waals surface area contributed by atoms with Gasteiger partial charge in [-0.15, -0.1) is 0 Å². The lowest BCUT2D eigenvalue weighted by Crippen LogP contribution is -1.77. The van der Waals surface area contributed by atoms with Gasteiger partial charge in [0.15, 0.2) is 0 Å². The van der Waals surface area contributed by atoms with Gasteiger partial charge in [-0.2, -0.15) is 8.42 Å². The van der Waals surface area contributed by atoms with Crippen LogP contribution in [-0.2, 0) is 9.33 Å². The highest BCUT2D eigenvalue weighted by Gasteiger charge is 1.88. The normalized spacial score (nSPS) is 10.2. The van der Waals surface area contributed by atoms with E-state index in [4.69, 9.17) is 13.0 Å². The van der Waals surface area contributed by atoms with Gasteiger partial charge in [0.25, 0.3) is 0 Å². The minimum atomic E-state index is -4.19. The van der Waals surface area contributed by atoms with Crippen molar-refractivity contribution in [2.45, 2.75) is 6.92 Å². The van der Waals surface area contributed by atoms with Crippen molar-refractivity contribution < 1.29 is 17.4 Å². The topological polar surface area (TPSA) is 54.4 Å². The van der Waals surface area contributed by atoms with Crippen LogP contribution >= 0.6 is 10.7 Å². The van der Waals surface area contributed by atoms with Gasteiger partial charge in [0, 0.05) is 10.7 Å². The fraction of sp³-hybridized carbons (Fsp3) is 0.143. The Morgan fingerprint density at radius 3 is 2.00 bits per heavy atom. The predicted octanol–water partition coefficient (Wildman–Crippen LogP) is 2.16. The lowest BCUT2D eigenvalue weighted by molar-refractivity contribution is 0.501. The second-order valence-corrected chi connectivity index (χ2v) is 4.16. The second-order valence-electron chi connectivity index (χ2n) is 2.16. The van der Waals surface area contributed by atoms with Crippen LogP contribution in [0.15, 0.2) is 24.3 Å². The molecule has 0 heterocycles. The Balaban J connectivity index is 0.000000252. The third kappa shape index (κ3) is 9.26. The summed E-state index contributed by atoms with van der Waals surface area (Å²) in [7, 11) is -0.137. The van der Waals surface area contributed by atoms with Crippen molar-refractivity contribution in [3.8, 4) is 0 Å². The Morgan fingerprint density at radius 1 is 1.38 bits per heavy atom. The Bertz CT molecular complexity index is 335. The smallest absolute Gasteiger partial charge is 0.273 e. The number of rotatable bonds is 0. The van der Waals surface area contributed by atoms with Gasteiger partial charge in [-0.3, -0.25) is 4.55 Å². The average molecular weight is 227 g/mol. The summed E-state index contributed by atoms with van der Waals surface area (Å²) in [5.41, 5.74) is 0.701. The fourth-order valence-electron chi connectivity index (χ4n) is 0.551. The summed E-state index contributed by atoms with van der Waals surface area (Å²) in [4.78, 5) is 0. The van der Waals surface area contributed by atoms with E-state index in [1.165, 1.54) is 6.07 Å². The van der Waals surface area contributed by atoms with Gasteiger partial charge in [-0.25, -0.2) is 4.39 Å². The third-order valence-electron chi connectivity index (χ3n) is 1.08. The van der Waals surface area contributed by atoms with Crippen LogP contribution in [0.2, 0.25) is 0 Å². The zero-order valence-electron chi connectivity index (χ0n) is 6.74. The van der Waals surface area contributed by atoms with Gasteiger partial charge < -0.3 is 0 Å². The van der Waals surface area contributed by atoms with Crippen molar-refractivity contribution in [1.29, 1.82) is 0 Å². The van der Waals surface area contributed by atoms with Gasteiger partial charge in [-0.1, -0.05) is 18.2 Å². The van der Waals surface area contributed by atoms with Crippen molar-refractivity contribution in [3.63, 3.8) is 0 Å². The highest BCUT2D eigenvalue weighted by atomic mass is 35.7. The van der Waals surface area contributed by atoms with Crippen LogP contribution in [0.5, 0.6) is 0 Å². The van der Waals surface area contributed by atoms with Crippen LogP contribution in [-0.4, -0.2) is 13.0 Å². The quantitative estimate of drug-likeness (QED) is 0.545. The molecule has 74 valence electrons. The molecule has 1 rings (SSSR count). The number of aryl methyl sites for hydroxylation is 1. The van der Waals surface area contributed by atoms with Crippen LogP contribution in [0.3, 0.4) is 0 Å². The molecule has 0 amide bonds. The second kappa shape index (κ2) is 5.16. The summed E-state index contributed by atoms with van der Waals surface area (Å²) in [5.74, 6) is -0.132. The van der Waals surface area contributed by atoms with Gasteiger partial charge in [0.1, 0.15) is 5.82 Å². The van der Waals surface area contributed by atoms with E-state index < -0.39 is 9.33 Å².